The number of nitriles is 1. The molecule has 0 saturated carbocycles. The molecule has 7 heteroatoms. The van der Waals surface area contributed by atoms with Crippen LogP contribution in [0, 0.1) is 23.0 Å². The van der Waals surface area contributed by atoms with Gasteiger partial charge >= 0.3 is 0 Å². The molecule has 0 bridgehead atoms. The van der Waals surface area contributed by atoms with Crippen molar-refractivity contribution in [2.24, 2.45) is 0 Å². The number of hydrogen-bond acceptors (Lipinski definition) is 3. The minimum absolute atomic E-state index is 0.195. The smallest absolute Gasteiger partial charge is 0.257 e. The summed E-state index contributed by atoms with van der Waals surface area (Å²) in [5.74, 6) is -3.05. The van der Waals surface area contributed by atoms with Gasteiger partial charge in [0.1, 0.15) is 6.07 Å². The van der Waals surface area contributed by atoms with Crippen LogP contribution < -0.4 is 11.1 Å². The number of hydrogen-bond donors (Lipinski definition) is 2. The first-order chi connectivity index (χ1) is 9.92. The molecule has 0 atom stereocenters. The molecule has 4 nitrogen and oxygen atoms in total. The summed E-state index contributed by atoms with van der Waals surface area (Å²) in [6.45, 7) is 0. The van der Waals surface area contributed by atoms with Crippen molar-refractivity contribution in [3.05, 3.63) is 57.6 Å². The van der Waals surface area contributed by atoms with Gasteiger partial charge in [0.2, 0.25) is 0 Å². The molecule has 0 radical (unpaired) electrons. The molecular weight excluding hydrogens is 344 g/mol. The number of carbonyl (C=O) groups is 1. The van der Waals surface area contributed by atoms with Crippen LogP contribution in [-0.2, 0) is 0 Å². The second-order valence-corrected chi connectivity index (χ2v) is 5.03. The maximum atomic E-state index is 13.2. The Morgan fingerprint density at radius 3 is 2.57 bits per heavy atom. The molecule has 21 heavy (non-hydrogen) atoms. The first kappa shape index (κ1) is 14.9. The first-order valence-electron chi connectivity index (χ1n) is 5.68. The highest BCUT2D eigenvalue weighted by Crippen LogP contribution is 2.23. The maximum absolute atomic E-state index is 13.2. The third-order valence-electron chi connectivity index (χ3n) is 2.69. The van der Waals surface area contributed by atoms with E-state index in [1.54, 1.807) is 6.07 Å². The third kappa shape index (κ3) is 3.17. The van der Waals surface area contributed by atoms with E-state index in [0.29, 0.717) is 10.5 Å². The number of amides is 1. The lowest BCUT2D eigenvalue weighted by Gasteiger charge is -2.10. The number of nitrogen functional groups attached to an aromatic ring is 1. The van der Waals surface area contributed by atoms with Gasteiger partial charge in [-0.1, -0.05) is 15.9 Å². The monoisotopic (exact) mass is 351 g/mol. The maximum Gasteiger partial charge on any atom is 0.257 e. The van der Waals surface area contributed by atoms with Gasteiger partial charge < -0.3 is 11.1 Å². The summed E-state index contributed by atoms with van der Waals surface area (Å²) >= 11 is 3.21. The number of nitrogens with one attached hydrogen (secondary N) is 1. The van der Waals surface area contributed by atoms with E-state index in [2.05, 4.69) is 21.2 Å². The lowest BCUT2D eigenvalue weighted by molar-refractivity contribution is 0.102. The van der Waals surface area contributed by atoms with Gasteiger partial charge in [0.15, 0.2) is 11.6 Å². The van der Waals surface area contributed by atoms with E-state index in [9.17, 15) is 13.6 Å². The number of halogens is 3. The Labute approximate surface area is 127 Å². The number of carbonyl (C=O) groups excluding carboxylic acids is 1. The second kappa shape index (κ2) is 5.89. The predicted molar refractivity (Wildman–Crippen MR) is 77.6 cm³/mol. The van der Waals surface area contributed by atoms with Crippen molar-refractivity contribution in [3.63, 3.8) is 0 Å². The molecule has 3 N–H and O–H groups in total. The molecule has 0 aromatic heterocycles. The van der Waals surface area contributed by atoms with Crippen LogP contribution in [0.15, 0.2) is 34.8 Å². The SMILES string of the molecule is N#Cc1ccc(Br)cc1NC(=O)c1cc(F)c(F)cc1N. The normalized spacial score (nSPS) is 10.0. The highest BCUT2D eigenvalue weighted by Gasteiger charge is 2.16. The van der Waals surface area contributed by atoms with Crippen LogP contribution in [0.1, 0.15) is 15.9 Å². The van der Waals surface area contributed by atoms with E-state index < -0.39 is 17.5 Å². The van der Waals surface area contributed by atoms with Crippen molar-refractivity contribution in [2.75, 3.05) is 11.1 Å². The molecule has 106 valence electrons. The highest BCUT2D eigenvalue weighted by atomic mass is 79.9. The molecular formula is C14H8BrF2N3O. The van der Waals surface area contributed by atoms with Gasteiger partial charge in [0, 0.05) is 16.2 Å². The minimum Gasteiger partial charge on any atom is -0.398 e. The average molecular weight is 352 g/mol. The molecule has 0 aliphatic heterocycles. The van der Waals surface area contributed by atoms with E-state index in [1.165, 1.54) is 12.1 Å². The minimum atomic E-state index is -1.18. The van der Waals surface area contributed by atoms with Crippen LogP contribution in [0.25, 0.3) is 0 Å². The molecule has 2 aromatic carbocycles. The molecule has 2 rings (SSSR count). The van der Waals surface area contributed by atoms with Crippen molar-refractivity contribution < 1.29 is 13.6 Å². The van der Waals surface area contributed by atoms with Crippen molar-refractivity contribution in [1.29, 1.82) is 5.26 Å². The lowest BCUT2D eigenvalue weighted by Crippen LogP contribution is -2.15. The fraction of sp³-hybridized carbons (Fsp3) is 0. The van der Waals surface area contributed by atoms with Crippen LogP contribution in [0.4, 0.5) is 20.2 Å². The zero-order chi connectivity index (χ0) is 15.6. The highest BCUT2D eigenvalue weighted by molar-refractivity contribution is 9.10. The molecule has 0 unspecified atom stereocenters. The number of anilines is 2. The summed E-state index contributed by atoms with van der Waals surface area (Å²) in [4.78, 5) is 12.1. The van der Waals surface area contributed by atoms with Crippen molar-refractivity contribution in [1.82, 2.24) is 0 Å². The van der Waals surface area contributed by atoms with E-state index in [1.807, 2.05) is 6.07 Å². The Morgan fingerprint density at radius 1 is 1.24 bits per heavy atom. The van der Waals surface area contributed by atoms with Crippen molar-refractivity contribution in [2.45, 2.75) is 0 Å². The van der Waals surface area contributed by atoms with Gasteiger partial charge in [-0.25, -0.2) is 8.78 Å². The predicted octanol–water partition coefficient (Wildman–Crippen LogP) is 3.43. The number of benzene rings is 2. The number of rotatable bonds is 2. The summed E-state index contributed by atoms with van der Waals surface area (Å²) in [6.07, 6.45) is 0. The molecule has 0 heterocycles. The Bertz CT molecular complexity index is 772. The van der Waals surface area contributed by atoms with E-state index in [-0.39, 0.29) is 22.5 Å². The zero-order valence-corrected chi connectivity index (χ0v) is 12.0. The van der Waals surface area contributed by atoms with Gasteiger partial charge in [-0.15, -0.1) is 0 Å². The van der Waals surface area contributed by atoms with Crippen LogP contribution in [0.3, 0.4) is 0 Å². The third-order valence-corrected chi connectivity index (χ3v) is 3.18. The van der Waals surface area contributed by atoms with Crippen LogP contribution in [0.2, 0.25) is 0 Å². The van der Waals surface area contributed by atoms with Gasteiger partial charge in [0.25, 0.3) is 5.91 Å². The average Bonchev–Trinajstić information content (AvgIpc) is 2.43. The van der Waals surface area contributed by atoms with Gasteiger partial charge in [-0.05, 0) is 24.3 Å². The van der Waals surface area contributed by atoms with Crippen LogP contribution in [-0.4, -0.2) is 5.91 Å². The Morgan fingerprint density at radius 2 is 1.90 bits per heavy atom. The summed E-state index contributed by atoms with van der Waals surface area (Å²) < 4.78 is 26.8. The molecule has 0 saturated heterocycles. The van der Waals surface area contributed by atoms with Gasteiger partial charge in [-0.3, -0.25) is 4.79 Å². The lowest BCUT2D eigenvalue weighted by atomic mass is 10.1. The zero-order valence-electron chi connectivity index (χ0n) is 10.5. The Kier molecular flexibility index (Phi) is 4.19. The van der Waals surface area contributed by atoms with Gasteiger partial charge in [0.05, 0.1) is 16.8 Å². The van der Waals surface area contributed by atoms with Gasteiger partial charge in [-0.2, -0.15) is 5.26 Å². The summed E-state index contributed by atoms with van der Waals surface area (Å²) in [7, 11) is 0. The summed E-state index contributed by atoms with van der Waals surface area (Å²) in [6, 6.07) is 8.03. The molecule has 0 aliphatic rings. The van der Waals surface area contributed by atoms with Crippen molar-refractivity contribution >= 4 is 33.2 Å². The summed E-state index contributed by atoms with van der Waals surface area (Å²) in [5.41, 5.74) is 5.56. The van der Waals surface area contributed by atoms with E-state index >= 15 is 0 Å². The van der Waals surface area contributed by atoms with Crippen molar-refractivity contribution in [3.8, 4) is 6.07 Å². The quantitative estimate of drug-likeness (QED) is 0.813. The van der Waals surface area contributed by atoms with Crippen LogP contribution >= 0.6 is 15.9 Å². The Hall–Kier alpha value is -2.46. The number of nitrogens with two attached hydrogens (primary N) is 1. The molecule has 0 aliphatic carbocycles. The largest absolute Gasteiger partial charge is 0.398 e. The molecule has 1 amide bonds. The number of nitrogens with zero attached hydrogens (tertiary/aromatic N) is 1. The van der Waals surface area contributed by atoms with E-state index in [4.69, 9.17) is 11.0 Å². The second-order valence-electron chi connectivity index (χ2n) is 4.11. The topological polar surface area (TPSA) is 78.9 Å². The molecule has 0 spiro atoms. The first-order valence-corrected chi connectivity index (χ1v) is 6.47. The fourth-order valence-corrected chi connectivity index (χ4v) is 2.03. The van der Waals surface area contributed by atoms with Crippen LogP contribution in [0.5, 0.6) is 0 Å². The molecule has 0 fully saturated rings. The van der Waals surface area contributed by atoms with E-state index in [0.717, 1.165) is 6.07 Å². The summed E-state index contributed by atoms with van der Waals surface area (Å²) in [5, 5.41) is 11.4. The molecule has 2 aromatic rings. The Balaban J connectivity index is 2.37. The fourth-order valence-electron chi connectivity index (χ4n) is 1.67. The standard InChI is InChI=1S/C14H8BrF2N3O/c15-8-2-1-7(6-18)13(3-8)20-14(21)9-4-10(16)11(17)5-12(9)19/h1-5H,19H2,(H,20,21).